The lowest BCUT2D eigenvalue weighted by Crippen LogP contribution is -2.32. The van der Waals surface area contributed by atoms with Crippen molar-refractivity contribution < 1.29 is 9.53 Å². The average molecular weight is 318 g/mol. The highest BCUT2D eigenvalue weighted by Crippen LogP contribution is 2.43. The molecule has 4 nitrogen and oxygen atoms in total. The van der Waals surface area contributed by atoms with Crippen LogP contribution in [0.25, 0.3) is 0 Å². The van der Waals surface area contributed by atoms with Crippen LogP contribution >= 0.6 is 11.8 Å². The van der Waals surface area contributed by atoms with Crippen LogP contribution < -0.4 is 0 Å². The summed E-state index contributed by atoms with van der Waals surface area (Å²) in [6.45, 7) is 6.20. The first-order valence-corrected chi connectivity index (χ1v) is 8.19. The number of carbonyl (C=O) groups is 1. The SMILES string of the molecule is CCOC(=O)C1=C(C)N(C)C(=NC)SC1c1ccc(C)cc1. The Hall–Kier alpha value is -1.75. The van der Waals surface area contributed by atoms with E-state index in [0.29, 0.717) is 12.2 Å². The van der Waals surface area contributed by atoms with Gasteiger partial charge < -0.3 is 9.64 Å². The maximum Gasteiger partial charge on any atom is 0.337 e. The standard InChI is InChI=1S/C17H22N2O2S/c1-6-21-16(20)14-12(3)19(5)17(18-4)22-15(14)13-9-7-11(2)8-10-13/h7-10,15H,6H2,1-5H3. The normalized spacial score (nSPS) is 20.5. The summed E-state index contributed by atoms with van der Waals surface area (Å²) in [6.07, 6.45) is 0. The zero-order valence-corrected chi connectivity index (χ0v) is 14.5. The minimum Gasteiger partial charge on any atom is -0.463 e. The third-order valence-corrected chi connectivity index (χ3v) is 5.14. The second-order valence-corrected chi connectivity index (χ2v) is 6.27. The number of esters is 1. The van der Waals surface area contributed by atoms with E-state index in [0.717, 1.165) is 16.4 Å². The molecule has 5 heteroatoms. The lowest BCUT2D eigenvalue weighted by atomic mass is 10.0. The number of benzene rings is 1. The van der Waals surface area contributed by atoms with E-state index in [2.05, 4.69) is 36.2 Å². The number of carbonyl (C=O) groups excluding carboxylic acids is 1. The van der Waals surface area contributed by atoms with Crippen LogP contribution in [0.5, 0.6) is 0 Å². The topological polar surface area (TPSA) is 41.9 Å². The first-order valence-electron chi connectivity index (χ1n) is 7.31. The average Bonchev–Trinajstić information content (AvgIpc) is 2.50. The molecule has 0 aliphatic carbocycles. The van der Waals surface area contributed by atoms with Gasteiger partial charge in [-0.25, -0.2) is 4.79 Å². The number of aryl methyl sites for hydroxylation is 1. The van der Waals surface area contributed by atoms with Crippen LogP contribution in [0.3, 0.4) is 0 Å². The van der Waals surface area contributed by atoms with E-state index in [4.69, 9.17) is 4.74 Å². The molecule has 1 unspecified atom stereocenters. The van der Waals surface area contributed by atoms with Gasteiger partial charge >= 0.3 is 5.97 Å². The van der Waals surface area contributed by atoms with Gasteiger partial charge in [0.25, 0.3) is 0 Å². The molecule has 1 atom stereocenters. The molecule has 0 saturated carbocycles. The van der Waals surface area contributed by atoms with Gasteiger partial charge in [-0.1, -0.05) is 41.6 Å². The molecule has 0 amide bonds. The summed E-state index contributed by atoms with van der Waals surface area (Å²) in [4.78, 5) is 18.7. The molecule has 1 aliphatic heterocycles. The van der Waals surface area contributed by atoms with Crippen LogP contribution in [0.4, 0.5) is 0 Å². The maximum atomic E-state index is 12.4. The first kappa shape index (κ1) is 16.6. The lowest BCUT2D eigenvalue weighted by Gasteiger charge is -2.33. The highest BCUT2D eigenvalue weighted by molar-refractivity contribution is 8.14. The van der Waals surface area contributed by atoms with Crippen LogP contribution in [0, 0.1) is 6.92 Å². The van der Waals surface area contributed by atoms with Gasteiger partial charge in [-0.05, 0) is 26.3 Å². The summed E-state index contributed by atoms with van der Waals surface area (Å²) in [5, 5.41) is 0.811. The van der Waals surface area contributed by atoms with Crippen molar-refractivity contribution in [2.24, 2.45) is 4.99 Å². The molecule has 0 saturated heterocycles. The molecule has 1 aromatic carbocycles. The van der Waals surface area contributed by atoms with Gasteiger partial charge in [0.05, 0.1) is 17.4 Å². The molecule has 22 heavy (non-hydrogen) atoms. The van der Waals surface area contributed by atoms with E-state index in [1.807, 2.05) is 25.8 Å². The number of amidine groups is 1. The van der Waals surface area contributed by atoms with Crippen molar-refractivity contribution in [1.82, 2.24) is 4.90 Å². The highest BCUT2D eigenvalue weighted by Gasteiger charge is 2.34. The Bertz CT molecular complexity index is 620. The molecule has 0 bridgehead atoms. The van der Waals surface area contributed by atoms with E-state index in [9.17, 15) is 4.79 Å². The Morgan fingerprint density at radius 3 is 2.50 bits per heavy atom. The second kappa shape index (κ2) is 7.01. The van der Waals surface area contributed by atoms with Crippen molar-refractivity contribution >= 4 is 22.9 Å². The Labute approximate surface area is 136 Å². The van der Waals surface area contributed by atoms with Gasteiger partial charge in [0.1, 0.15) is 0 Å². The van der Waals surface area contributed by atoms with Crippen LogP contribution in [0.1, 0.15) is 30.2 Å². The van der Waals surface area contributed by atoms with Crippen molar-refractivity contribution in [1.29, 1.82) is 0 Å². The molecule has 0 spiro atoms. The van der Waals surface area contributed by atoms with Gasteiger partial charge in [-0.15, -0.1) is 0 Å². The number of aliphatic imine (C=N–C) groups is 1. The smallest absolute Gasteiger partial charge is 0.337 e. The Morgan fingerprint density at radius 2 is 1.95 bits per heavy atom. The molecular weight excluding hydrogens is 296 g/mol. The largest absolute Gasteiger partial charge is 0.463 e. The monoisotopic (exact) mass is 318 g/mol. The Kier molecular flexibility index (Phi) is 5.29. The van der Waals surface area contributed by atoms with E-state index >= 15 is 0 Å². The van der Waals surface area contributed by atoms with Crippen molar-refractivity contribution in [3.05, 3.63) is 46.7 Å². The maximum absolute atomic E-state index is 12.4. The molecule has 0 N–H and O–H groups in total. The molecule has 2 rings (SSSR count). The number of thioether (sulfide) groups is 1. The number of allylic oxidation sites excluding steroid dienone is 1. The molecular formula is C17H22N2O2S. The zero-order valence-electron chi connectivity index (χ0n) is 13.7. The highest BCUT2D eigenvalue weighted by atomic mass is 32.2. The second-order valence-electron chi connectivity index (χ2n) is 5.19. The zero-order chi connectivity index (χ0) is 16.3. The summed E-state index contributed by atoms with van der Waals surface area (Å²) in [5.74, 6) is -0.250. The summed E-state index contributed by atoms with van der Waals surface area (Å²) < 4.78 is 5.27. The Balaban J connectivity index is 2.52. The fraction of sp³-hybridized carbons (Fsp3) is 0.412. The minimum atomic E-state index is -0.250. The van der Waals surface area contributed by atoms with Gasteiger partial charge in [-0.2, -0.15) is 0 Å². The van der Waals surface area contributed by atoms with Gasteiger partial charge in [0, 0.05) is 19.8 Å². The van der Waals surface area contributed by atoms with Gasteiger partial charge in [0.15, 0.2) is 5.17 Å². The molecule has 118 valence electrons. The van der Waals surface area contributed by atoms with Crippen molar-refractivity contribution in [3.63, 3.8) is 0 Å². The van der Waals surface area contributed by atoms with E-state index in [1.165, 1.54) is 5.56 Å². The predicted octanol–water partition coefficient (Wildman–Crippen LogP) is 3.54. The number of rotatable bonds is 3. The van der Waals surface area contributed by atoms with Crippen LogP contribution in [-0.2, 0) is 9.53 Å². The van der Waals surface area contributed by atoms with Crippen LogP contribution in [-0.4, -0.2) is 36.7 Å². The number of hydrogen-bond acceptors (Lipinski definition) is 4. The number of hydrogen-bond donors (Lipinski definition) is 0. The number of ether oxygens (including phenoxy) is 1. The molecule has 1 aliphatic rings. The summed E-state index contributed by atoms with van der Waals surface area (Å²) >= 11 is 1.58. The molecule has 0 radical (unpaired) electrons. The third kappa shape index (κ3) is 3.19. The molecule has 1 aromatic rings. The lowest BCUT2D eigenvalue weighted by molar-refractivity contribution is -0.138. The van der Waals surface area contributed by atoms with Crippen molar-refractivity contribution in [2.45, 2.75) is 26.0 Å². The quantitative estimate of drug-likeness (QED) is 0.800. The van der Waals surface area contributed by atoms with E-state index in [1.54, 1.807) is 18.8 Å². The van der Waals surface area contributed by atoms with Crippen molar-refractivity contribution in [2.75, 3.05) is 20.7 Å². The van der Waals surface area contributed by atoms with Gasteiger partial charge in [0.2, 0.25) is 0 Å². The first-order chi connectivity index (χ1) is 10.5. The Morgan fingerprint density at radius 1 is 1.32 bits per heavy atom. The van der Waals surface area contributed by atoms with E-state index < -0.39 is 0 Å². The minimum absolute atomic E-state index is 0.0884. The molecule has 0 fully saturated rings. The van der Waals surface area contributed by atoms with Crippen molar-refractivity contribution in [3.8, 4) is 0 Å². The molecule has 1 heterocycles. The van der Waals surface area contributed by atoms with Gasteiger partial charge in [-0.3, -0.25) is 4.99 Å². The fourth-order valence-corrected chi connectivity index (χ4v) is 3.69. The number of nitrogens with zero attached hydrogens (tertiary/aromatic N) is 2. The summed E-state index contributed by atoms with van der Waals surface area (Å²) in [5.41, 5.74) is 3.88. The predicted molar refractivity (Wildman–Crippen MR) is 92.0 cm³/mol. The third-order valence-electron chi connectivity index (χ3n) is 3.73. The van der Waals surface area contributed by atoms with E-state index in [-0.39, 0.29) is 11.2 Å². The van der Waals surface area contributed by atoms with Crippen LogP contribution in [0.2, 0.25) is 0 Å². The summed E-state index contributed by atoms with van der Waals surface area (Å²) in [7, 11) is 3.70. The molecule has 0 aromatic heterocycles. The summed E-state index contributed by atoms with van der Waals surface area (Å²) in [6, 6.07) is 8.26. The van der Waals surface area contributed by atoms with Crippen LogP contribution in [0.15, 0.2) is 40.5 Å². The fourth-order valence-electron chi connectivity index (χ4n) is 2.40.